The lowest BCUT2D eigenvalue weighted by Gasteiger charge is -2.23. The number of ether oxygens (including phenoxy) is 1. The van der Waals surface area contributed by atoms with Crippen molar-refractivity contribution in [3.8, 4) is 5.75 Å². The number of hydrogen-bond acceptors (Lipinski definition) is 4. The molecule has 0 radical (unpaired) electrons. The summed E-state index contributed by atoms with van der Waals surface area (Å²) in [4.78, 5) is 22.8. The van der Waals surface area contributed by atoms with Crippen molar-refractivity contribution < 1.29 is 19.4 Å². The first-order valence-corrected chi connectivity index (χ1v) is 6.26. The SMILES string of the molecule is COc1ccc(C)cc1CN1N=C(C(=O)O)CCC1=O. The maximum Gasteiger partial charge on any atom is 0.352 e. The van der Waals surface area contributed by atoms with Gasteiger partial charge in [0.2, 0.25) is 5.91 Å². The third-order valence-corrected chi connectivity index (χ3v) is 3.11. The summed E-state index contributed by atoms with van der Waals surface area (Å²) in [7, 11) is 1.55. The summed E-state index contributed by atoms with van der Waals surface area (Å²) in [5.41, 5.74) is 1.85. The minimum atomic E-state index is -1.08. The molecule has 106 valence electrons. The minimum Gasteiger partial charge on any atom is -0.496 e. The zero-order valence-corrected chi connectivity index (χ0v) is 11.4. The number of rotatable bonds is 4. The van der Waals surface area contributed by atoms with Crippen LogP contribution in [0.3, 0.4) is 0 Å². The van der Waals surface area contributed by atoms with Gasteiger partial charge in [0.15, 0.2) is 0 Å². The standard InChI is InChI=1S/C14H16N2O4/c1-9-3-5-12(20-2)10(7-9)8-16-13(17)6-4-11(15-16)14(18)19/h3,5,7H,4,6,8H2,1-2H3,(H,18,19). The average molecular weight is 276 g/mol. The highest BCUT2D eigenvalue weighted by molar-refractivity contribution is 6.36. The number of carbonyl (C=O) groups is 2. The van der Waals surface area contributed by atoms with Crippen LogP contribution in [0.1, 0.15) is 24.0 Å². The number of carboxylic acid groups (broad SMARTS) is 1. The van der Waals surface area contributed by atoms with Crippen molar-refractivity contribution in [3.63, 3.8) is 0 Å². The van der Waals surface area contributed by atoms with Gasteiger partial charge in [0.1, 0.15) is 11.5 Å². The molecule has 1 N–H and O–H groups in total. The van der Waals surface area contributed by atoms with Crippen molar-refractivity contribution >= 4 is 17.6 Å². The van der Waals surface area contributed by atoms with Crippen LogP contribution in [-0.2, 0) is 16.1 Å². The number of hydrogen-bond donors (Lipinski definition) is 1. The Morgan fingerprint density at radius 3 is 2.85 bits per heavy atom. The number of benzene rings is 1. The summed E-state index contributed by atoms with van der Waals surface area (Å²) in [6.45, 7) is 2.15. The molecule has 0 spiro atoms. The Morgan fingerprint density at radius 2 is 2.20 bits per heavy atom. The van der Waals surface area contributed by atoms with Gasteiger partial charge in [0.05, 0.1) is 13.7 Å². The predicted octanol–water partition coefficient (Wildman–Crippen LogP) is 1.57. The van der Waals surface area contributed by atoms with Crippen LogP contribution in [0.4, 0.5) is 0 Å². The van der Waals surface area contributed by atoms with E-state index in [0.29, 0.717) is 5.75 Å². The van der Waals surface area contributed by atoms with Crippen LogP contribution in [0.15, 0.2) is 23.3 Å². The summed E-state index contributed by atoms with van der Waals surface area (Å²) in [6.07, 6.45) is 0.342. The van der Waals surface area contributed by atoms with Crippen LogP contribution >= 0.6 is 0 Å². The highest BCUT2D eigenvalue weighted by Gasteiger charge is 2.24. The third kappa shape index (κ3) is 2.96. The lowest BCUT2D eigenvalue weighted by molar-refractivity contribution is -0.133. The Kier molecular flexibility index (Phi) is 4.02. The number of methoxy groups -OCH3 is 1. The van der Waals surface area contributed by atoms with Gasteiger partial charge in [-0.05, 0) is 13.0 Å². The van der Waals surface area contributed by atoms with E-state index >= 15 is 0 Å². The number of hydrazone groups is 1. The summed E-state index contributed by atoms with van der Waals surface area (Å²) in [6, 6.07) is 5.63. The highest BCUT2D eigenvalue weighted by Crippen LogP contribution is 2.23. The van der Waals surface area contributed by atoms with Crippen LogP contribution in [0.2, 0.25) is 0 Å². The van der Waals surface area contributed by atoms with Crippen molar-refractivity contribution in [2.24, 2.45) is 5.10 Å². The monoisotopic (exact) mass is 276 g/mol. The van der Waals surface area contributed by atoms with Gasteiger partial charge in [0, 0.05) is 18.4 Å². The van der Waals surface area contributed by atoms with Gasteiger partial charge in [0.25, 0.3) is 0 Å². The molecule has 1 heterocycles. The second-order valence-electron chi connectivity index (χ2n) is 4.62. The summed E-state index contributed by atoms with van der Waals surface area (Å²) >= 11 is 0. The number of carbonyl (C=O) groups excluding carboxylic acids is 1. The van der Waals surface area contributed by atoms with Gasteiger partial charge >= 0.3 is 5.97 Å². The van der Waals surface area contributed by atoms with E-state index in [-0.39, 0.29) is 31.0 Å². The molecule has 1 amide bonds. The Morgan fingerprint density at radius 1 is 1.45 bits per heavy atom. The zero-order chi connectivity index (χ0) is 14.7. The Balaban J connectivity index is 2.28. The van der Waals surface area contributed by atoms with Crippen molar-refractivity contribution in [1.82, 2.24) is 5.01 Å². The number of nitrogens with zero attached hydrogens (tertiary/aromatic N) is 2. The molecular formula is C14H16N2O4. The Bertz CT molecular complexity index is 581. The van der Waals surface area contributed by atoms with Gasteiger partial charge in [-0.1, -0.05) is 17.7 Å². The lowest BCUT2D eigenvalue weighted by atomic mass is 10.1. The molecule has 0 aromatic heterocycles. The van der Waals surface area contributed by atoms with E-state index in [2.05, 4.69) is 5.10 Å². The molecule has 0 saturated heterocycles. The number of aryl methyl sites for hydroxylation is 1. The topological polar surface area (TPSA) is 79.2 Å². The normalized spacial score (nSPS) is 15.0. The molecule has 1 aromatic rings. The second kappa shape index (κ2) is 5.73. The minimum absolute atomic E-state index is 0.0104. The summed E-state index contributed by atoms with van der Waals surface area (Å²) < 4.78 is 5.25. The summed E-state index contributed by atoms with van der Waals surface area (Å²) in [5.74, 6) is -0.613. The molecular weight excluding hydrogens is 260 g/mol. The molecule has 2 rings (SSSR count). The van der Waals surface area contributed by atoms with Crippen molar-refractivity contribution in [2.75, 3.05) is 7.11 Å². The molecule has 0 atom stereocenters. The van der Waals surface area contributed by atoms with Gasteiger partial charge in [-0.25, -0.2) is 9.80 Å². The smallest absolute Gasteiger partial charge is 0.352 e. The van der Waals surface area contributed by atoms with E-state index in [4.69, 9.17) is 9.84 Å². The third-order valence-electron chi connectivity index (χ3n) is 3.11. The average Bonchev–Trinajstić information content (AvgIpc) is 2.41. The van der Waals surface area contributed by atoms with Gasteiger partial charge < -0.3 is 9.84 Å². The van der Waals surface area contributed by atoms with Crippen LogP contribution < -0.4 is 4.74 Å². The molecule has 0 unspecified atom stereocenters. The number of aliphatic carboxylic acids is 1. The Hall–Kier alpha value is -2.37. The summed E-state index contributed by atoms with van der Waals surface area (Å²) in [5, 5.41) is 14.1. The first-order valence-electron chi connectivity index (χ1n) is 6.26. The van der Waals surface area contributed by atoms with E-state index in [1.54, 1.807) is 7.11 Å². The first-order chi connectivity index (χ1) is 9.51. The number of amides is 1. The maximum absolute atomic E-state index is 11.8. The van der Waals surface area contributed by atoms with E-state index in [9.17, 15) is 9.59 Å². The lowest BCUT2D eigenvalue weighted by Crippen LogP contribution is -2.33. The van der Waals surface area contributed by atoms with Crippen LogP contribution in [-0.4, -0.2) is 34.8 Å². The second-order valence-corrected chi connectivity index (χ2v) is 4.62. The van der Waals surface area contributed by atoms with E-state index in [1.807, 2.05) is 25.1 Å². The predicted molar refractivity (Wildman–Crippen MR) is 72.6 cm³/mol. The molecule has 0 aliphatic carbocycles. The number of carboxylic acids is 1. The first kappa shape index (κ1) is 14.0. The van der Waals surface area contributed by atoms with E-state index in [1.165, 1.54) is 5.01 Å². The van der Waals surface area contributed by atoms with Crippen LogP contribution in [0.25, 0.3) is 0 Å². The molecule has 1 aliphatic heterocycles. The van der Waals surface area contributed by atoms with Gasteiger partial charge in [-0.2, -0.15) is 5.10 Å². The van der Waals surface area contributed by atoms with E-state index < -0.39 is 5.97 Å². The fourth-order valence-electron chi connectivity index (χ4n) is 2.07. The fourth-order valence-corrected chi connectivity index (χ4v) is 2.07. The van der Waals surface area contributed by atoms with Crippen molar-refractivity contribution in [3.05, 3.63) is 29.3 Å². The molecule has 0 saturated carbocycles. The molecule has 6 nitrogen and oxygen atoms in total. The van der Waals surface area contributed by atoms with Crippen molar-refractivity contribution in [2.45, 2.75) is 26.3 Å². The van der Waals surface area contributed by atoms with Crippen LogP contribution in [0.5, 0.6) is 5.75 Å². The Labute approximate surface area is 116 Å². The zero-order valence-electron chi connectivity index (χ0n) is 11.4. The van der Waals surface area contributed by atoms with Gasteiger partial charge in [-0.3, -0.25) is 4.79 Å². The maximum atomic E-state index is 11.8. The fraction of sp³-hybridized carbons (Fsp3) is 0.357. The highest BCUT2D eigenvalue weighted by atomic mass is 16.5. The van der Waals surface area contributed by atoms with E-state index in [0.717, 1.165) is 11.1 Å². The van der Waals surface area contributed by atoms with Gasteiger partial charge in [-0.15, -0.1) is 0 Å². The quantitative estimate of drug-likeness (QED) is 0.905. The molecule has 20 heavy (non-hydrogen) atoms. The van der Waals surface area contributed by atoms with Crippen molar-refractivity contribution in [1.29, 1.82) is 0 Å². The largest absolute Gasteiger partial charge is 0.496 e. The molecule has 1 aliphatic rings. The molecule has 0 fully saturated rings. The molecule has 0 bridgehead atoms. The molecule has 6 heteroatoms. The van der Waals surface area contributed by atoms with Crippen LogP contribution in [0, 0.1) is 6.92 Å². The molecule has 1 aromatic carbocycles.